The van der Waals surface area contributed by atoms with Gasteiger partial charge in [-0.25, -0.2) is 5.10 Å². The third-order valence-electron chi connectivity index (χ3n) is 3.65. The van der Waals surface area contributed by atoms with Gasteiger partial charge in [0.1, 0.15) is 5.75 Å². The van der Waals surface area contributed by atoms with E-state index in [0.29, 0.717) is 0 Å². The lowest BCUT2D eigenvalue weighted by atomic mass is 9.89. The SMILES string of the molecule is CCCCOc1ccc2c(c1)CCc1cc(=O)[nH]nc1-2. The summed E-state index contributed by atoms with van der Waals surface area (Å²) in [6.07, 6.45) is 3.99. The van der Waals surface area contributed by atoms with Crippen LogP contribution in [0.1, 0.15) is 30.9 Å². The normalized spacial score (nSPS) is 12.7. The van der Waals surface area contributed by atoms with Crippen molar-refractivity contribution in [2.24, 2.45) is 0 Å². The van der Waals surface area contributed by atoms with Gasteiger partial charge in [0.2, 0.25) is 0 Å². The molecular weight excluding hydrogens is 252 g/mol. The van der Waals surface area contributed by atoms with Gasteiger partial charge in [-0.15, -0.1) is 0 Å². The van der Waals surface area contributed by atoms with E-state index in [2.05, 4.69) is 23.2 Å². The summed E-state index contributed by atoms with van der Waals surface area (Å²) >= 11 is 0. The summed E-state index contributed by atoms with van der Waals surface area (Å²) in [5.74, 6) is 0.921. The predicted octanol–water partition coefficient (Wildman–Crippen LogP) is 2.71. The van der Waals surface area contributed by atoms with Gasteiger partial charge in [-0.2, -0.15) is 5.10 Å². The highest BCUT2D eigenvalue weighted by Crippen LogP contribution is 2.33. The van der Waals surface area contributed by atoms with E-state index in [-0.39, 0.29) is 5.56 Å². The maximum atomic E-state index is 11.3. The van der Waals surface area contributed by atoms with Crippen LogP contribution in [0, 0.1) is 0 Å². The Morgan fingerprint density at radius 2 is 2.10 bits per heavy atom. The molecule has 0 fully saturated rings. The van der Waals surface area contributed by atoms with Crippen molar-refractivity contribution in [3.05, 3.63) is 45.7 Å². The van der Waals surface area contributed by atoms with E-state index in [4.69, 9.17) is 4.74 Å². The minimum Gasteiger partial charge on any atom is -0.494 e. The highest BCUT2D eigenvalue weighted by Gasteiger charge is 2.18. The lowest BCUT2D eigenvalue weighted by molar-refractivity contribution is 0.309. The van der Waals surface area contributed by atoms with Crippen molar-refractivity contribution in [2.75, 3.05) is 6.61 Å². The number of nitrogens with one attached hydrogen (secondary N) is 1. The predicted molar refractivity (Wildman–Crippen MR) is 78.1 cm³/mol. The number of rotatable bonds is 4. The topological polar surface area (TPSA) is 55.0 Å². The fourth-order valence-corrected chi connectivity index (χ4v) is 2.57. The van der Waals surface area contributed by atoms with Crippen LogP contribution >= 0.6 is 0 Å². The lowest BCUT2D eigenvalue weighted by Crippen LogP contribution is -2.14. The molecule has 1 heterocycles. The molecule has 1 N–H and O–H groups in total. The fraction of sp³-hybridized carbons (Fsp3) is 0.375. The zero-order valence-corrected chi connectivity index (χ0v) is 11.6. The zero-order valence-electron chi connectivity index (χ0n) is 11.6. The maximum absolute atomic E-state index is 11.3. The molecule has 1 aromatic carbocycles. The number of unbranched alkanes of at least 4 members (excludes halogenated alkanes) is 1. The second-order valence-electron chi connectivity index (χ2n) is 5.13. The third-order valence-corrected chi connectivity index (χ3v) is 3.65. The van der Waals surface area contributed by atoms with E-state index in [1.165, 1.54) is 5.56 Å². The lowest BCUT2D eigenvalue weighted by Gasteiger charge is -2.19. The van der Waals surface area contributed by atoms with Crippen LogP contribution in [-0.2, 0) is 12.8 Å². The Morgan fingerprint density at radius 1 is 1.25 bits per heavy atom. The van der Waals surface area contributed by atoms with Gasteiger partial charge in [-0.05, 0) is 48.6 Å². The van der Waals surface area contributed by atoms with Crippen LogP contribution in [-0.4, -0.2) is 16.8 Å². The highest BCUT2D eigenvalue weighted by atomic mass is 16.5. The average molecular weight is 270 g/mol. The van der Waals surface area contributed by atoms with Crippen LogP contribution in [0.15, 0.2) is 29.1 Å². The van der Waals surface area contributed by atoms with E-state index in [9.17, 15) is 4.79 Å². The minimum absolute atomic E-state index is 0.133. The number of benzene rings is 1. The van der Waals surface area contributed by atoms with Crippen molar-refractivity contribution < 1.29 is 4.74 Å². The Bertz CT molecular complexity index is 676. The number of aryl methyl sites for hydroxylation is 2. The Labute approximate surface area is 117 Å². The monoisotopic (exact) mass is 270 g/mol. The summed E-state index contributed by atoms with van der Waals surface area (Å²) < 4.78 is 5.74. The van der Waals surface area contributed by atoms with E-state index in [1.54, 1.807) is 6.07 Å². The molecule has 0 radical (unpaired) electrons. The largest absolute Gasteiger partial charge is 0.494 e. The minimum atomic E-state index is -0.133. The molecule has 2 aromatic rings. The van der Waals surface area contributed by atoms with Gasteiger partial charge >= 0.3 is 0 Å². The second-order valence-corrected chi connectivity index (χ2v) is 5.13. The number of H-pyrrole nitrogens is 1. The van der Waals surface area contributed by atoms with Crippen LogP contribution in [0.4, 0.5) is 0 Å². The summed E-state index contributed by atoms with van der Waals surface area (Å²) in [5.41, 5.74) is 4.13. The Balaban J connectivity index is 1.91. The molecule has 4 nitrogen and oxygen atoms in total. The number of nitrogens with zero attached hydrogens (tertiary/aromatic N) is 1. The third kappa shape index (κ3) is 2.46. The van der Waals surface area contributed by atoms with Gasteiger partial charge < -0.3 is 4.74 Å². The maximum Gasteiger partial charge on any atom is 0.264 e. The quantitative estimate of drug-likeness (QED) is 0.869. The fourth-order valence-electron chi connectivity index (χ4n) is 2.57. The van der Waals surface area contributed by atoms with E-state index >= 15 is 0 Å². The molecule has 4 heteroatoms. The number of aromatic amines is 1. The summed E-state index contributed by atoms with van der Waals surface area (Å²) in [7, 11) is 0. The summed E-state index contributed by atoms with van der Waals surface area (Å²) in [5, 5.41) is 6.71. The molecule has 0 amide bonds. The molecule has 0 bridgehead atoms. The standard InChI is InChI=1S/C16H18N2O2/c1-2-3-8-20-13-6-7-14-11(9-13)4-5-12-10-15(19)17-18-16(12)14/h6-7,9-10H,2-5,8H2,1H3,(H,17,19). The van der Waals surface area contributed by atoms with Crippen molar-refractivity contribution in [1.82, 2.24) is 10.2 Å². The Morgan fingerprint density at radius 3 is 2.95 bits per heavy atom. The van der Waals surface area contributed by atoms with E-state index in [1.807, 2.05) is 12.1 Å². The first-order chi connectivity index (χ1) is 9.78. The van der Waals surface area contributed by atoms with Crippen LogP contribution in [0.3, 0.4) is 0 Å². The van der Waals surface area contributed by atoms with Gasteiger partial charge in [-0.1, -0.05) is 13.3 Å². The molecule has 0 spiro atoms. The molecule has 0 atom stereocenters. The number of fused-ring (bicyclic) bond motifs is 3. The first kappa shape index (κ1) is 12.9. The zero-order chi connectivity index (χ0) is 13.9. The van der Waals surface area contributed by atoms with Crippen molar-refractivity contribution in [3.63, 3.8) is 0 Å². The summed E-state index contributed by atoms with van der Waals surface area (Å²) in [4.78, 5) is 11.3. The number of hydrogen-bond donors (Lipinski definition) is 1. The van der Waals surface area contributed by atoms with Crippen LogP contribution in [0.2, 0.25) is 0 Å². The highest BCUT2D eigenvalue weighted by molar-refractivity contribution is 5.69. The molecule has 104 valence electrons. The van der Waals surface area contributed by atoms with E-state index < -0.39 is 0 Å². The molecule has 0 aliphatic heterocycles. The van der Waals surface area contributed by atoms with Gasteiger partial charge in [0, 0.05) is 11.6 Å². The Kier molecular flexibility index (Phi) is 3.54. The smallest absolute Gasteiger partial charge is 0.264 e. The van der Waals surface area contributed by atoms with Crippen molar-refractivity contribution in [2.45, 2.75) is 32.6 Å². The summed E-state index contributed by atoms with van der Waals surface area (Å²) in [6.45, 7) is 2.91. The van der Waals surface area contributed by atoms with Crippen molar-refractivity contribution in [3.8, 4) is 17.0 Å². The number of ether oxygens (including phenoxy) is 1. The summed E-state index contributed by atoms with van der Waals surface area (Å²) in [6, 6.07) is 7.77. The van der Waals surface area contributed by atoms with Crippen LogP contribution in [0.25, 0.3) is 11.3 Å². The molecule has 1 aliphatic carbocycles. The van der Waals surface area contributed by atoms with Gasteiger partial charge in [0.25, 0.3) is 5.56 Å². The molecule has 3 rings (SSSR count). The van der Waals surface area contributed by atoms with Crippen LogP contribution in [0.5, 0.6) is 5.75 Å². The molecule has 1 aliphatic rings. The van der Waals surface area contributed by atoms with E-state index in [0.717, 1.165) is 54.9 Å². The van der Waals surface area contributed by atoms with Crippen molar-refractivity contribution in [1.29, 1.82) is 0 Å². The second kappa shape index (κ2) is 5.49. The molecule has 0 saturated heterocycles. The molecule has 0 saturated carbocycles. The van der Waals surface area contributed by atoms with Gasteiger partial charge in [0.15, 0.2) is 0 Å². The van der Waals surface area contributed by atoms with Gasteiger partial charge in [-0.3, -0.25) is 4.79 Å². The number of hydrogen-bond acceptors (Lipinski definition) is 3. The van der Waals surface area contributed by atoms with Crippen molar-refractivity contribution >= 4 is 0 Å². The first-order valence-corrected chi connectivity index (χ1v) is 7.12. The van der Waals surface area contributed by atoms with Crippen LogP contribution < -0.4 is 10.3 Å². The number of aromatic nitrogens is 2. The molecule has 0 unspecified atom stereocenters. The molecular formula is C16H18N2O2. The first-order valence-electron chi connectivity index (χ1n) is 7.12. The molecule has 1 aromatic heterocycles. The average Bonchev–Trinajstić information content (AvgIpc) is 2.47. The Hall–Kier alpha value is -2.10. The van der Waals surface area contributed by atoms with Gasteiger partial charge in [0.05, 0.1) is 12.3 Å². The molecule has 20 heavy (non-hydrogen) atoms.